The summed E-state index contributed by atoms with van der Waals surface area (Å²) in [4.78, 5) is 22.9. The SMILES string of the molecule is CCC(=O)N1CCC(NC(=NC)NCCN2CCCN(C)CC2)C1.I. The third-order valence-corrected chi connectivity index (χ3v) is 4.94. The molecule has 0 saturated carbocycles. The first-order valence-corrected chi connectivity index (χ1v) is 9.28. The van der Waals surface area contributed by atoms with E-state index in [0.29, 0.717) is 12.5 Å². The summed E-state index contributed by atoms with van der Waals surface area (Å²) in [5.41, 5.74) is 0. The maximum Gasteiger partial charge on any atom is 0.222 e. The minimum atomic E-state index is 0. The lowest BCUT2D eigenvalue weighted by Gasteiger charge is -2.22. The van der Waals surface area contributed by atoms with Gasteiger partial charge in [0.05, 0.1) is 0 Å². The number of guanidine groups is 1. The van der Waals surface area contributed by atoms with Crippen LogP contribution in [-0.2, 0) is 4.79 Å². The van der Waals surface area contributed by atoms with Crippen LogP contribution in [0.25, 0.3) is 0 Å². The lowest BCUT2D eigenvalue weighted by molar-refractivity contribution is -0.129. The number of carbonyl (C=O) groups excluding carboxylic acids is 1. The van der Waals surface area contributed by atoms with E-state index in [1.807, 2.05) is 11.8 Å². The second kappa shape index (κ2) is 11.9. The van der Waals surface area contributed by atoms with E-state index >= 15 is 0 Å². The molecule has 1 atom stereocenters. The summed E-state index contributed by atoms with van der Waals surface area (Å²) in [7, 11) is 4.00. The molecule has 1 amide bonds. The zero-order chi connectivity index (χ0) is 17.4. The van der Waals surface area contributed by atoms with Crippen molar-refractivity contribution in [3.8, 4) is 0 Å². The molecule has 8 heteroatoms. The average molecular weight is 466 g/mol. The summed E-state index contributed by atoms with van der Waals surface area (Å²) < 4.78 is 0. The van der Waals surface area contributed by atoms with Gasteiger partial charge < -0.3 is 25.3 Å². The molecule has 2 saturated heterocycles. The third kappa shape index (κ3) is 7.65. The first-order valence-electron chi connectivity index (χ1n) is 9.28. The Morgan fingerprint density at radius 3 is 2.72 bits per heavy atom. The van der Waals surface area contributed by atoms with Crippen LogP contribution in [0.15, 0.2) is 4.99 Å². The Hall–Kier alpha value is -0.610. The Kier molecular flexibility index (Phi) is 10.7. The molecule has 0 aromatic carbocycles. The van der Waals surface area contributed by atoms with Crippen molar-refractivity contribution in [2.45, 2.75) is 32.2 Å². The molecule has 0 radical (unpaired) electrons. The van der Waals surface area contributed by atoms with E-state index in [1.54, 1.807) is 7.05 Å². The van der Waals surface area contributed by atoms with Gasteiger partial charge in [-0.2, -0.15) is 0 Å². The highest BCUT2D eigenvalue weighted by Crippen LogP contribution is 2.10. The molecule has 1 unspecified atom stereocenters. The van der Waals surface area contributed by atoms with Gasteiger partial charge in [-0.25, -0.2) is 0 Å². The van der Waals surface area contributed by atoms with E-state index in [1.165, 1.54) is 19.5 Å². The van der Waals surface area contributed by atoms with E-state index in [9.17, 15) is 4.79 Å². The molecular formula is C17H35IN6O. The number of aliphatic imine (C=N–C) groups is 1. The number of likely N-dealkylation sites (N-methyl/N-ethyl adjacent to an activating group) is 1. The van der Waals surface area contributed by atoms with Crippen molar-refractivity contribution in [1.29, 1.82) is 0 Å². The second-order valence-electron chi connectivity index (χ2n) is 6.82. The Bertz CT molecular complexity index is 433. The van der Waals surface area contributed by atoms with Crippen LogP contribution in [0.5, 0.6) is 0 Å². The molecule has 0 bridgehead atoms. The van der Waals surface area contributed by atoms with Crippen LogP contribution in [0.1, 0.15) is 26.2 Å². The van der Waals surface area contributed by atoms with Crippen molar-refractivity contribution in [1.82, 2.24) is 25.3 Å². The molecule has 7 nitrogen and oxygen atoms in total. The normalized spacial score (nSPS) is 23.1. The number of nitrogens with one attached hydrogen (secondary N) is 2. The van der Waals surface area contributed by atoms with Crippen molar-refractivity contribution in [3.63, 3.8) is 0 Å². The van der Waals surface area contributed by atoms with Crippen LogP contribution in [0.2, 0.25) is 0 Å². The Morgan fingerprint density at radius 1 is 1.20 bits per heavy atom. The molecule has 0 spiro atoms. The van der Waals surface area contributed by atoms with E-state index in [2.05, 4.69) is 32.5 Å². The number of halogens is 1. The van der Waals surface area contributed by atoms with E-state index in [-0.39, 0.29) is 29.9 Å². The van der Waals surface area contributed by atoms with Crippen LogP contribution in [0, 0.1) is 0 Å². The Balaban J connectivity index is 0.00000312. The fourth-order valence-corrected chi connectivity index (χ4v) is 3.37. The lowest BCUT2D eigenvalue weighted by Crippen LogP contribution is -2.47. The van der Waals surface area contributed by atoms with Crippen LogP contribution < -0.4 is 10.6 Å². The smallest absolute Gasteiger partial charge is 0.222 e. The Morgan fingerprint density at radius 2 is 2.00 bits per heavy atom. The van der Waals surface area contributed by atoms with Gasteiger partial charge in [0, 0.05) is 58.8 Å². The van der Waals surface area contributed by atoms with Gasteiger partial charge >= 0.3 is 0 Å². The molecule has 2 heterocycles. The second-order valence-corrected chi connectivity index (χ2v) is 6.82. The standard InChI is InChI=1S/C17H34N6O.HI/c1-4-16(24)23-10-6-15(14-23)20-17(18-2)19-7-11-22-9-5-8-21(3)12-13-22;/h15H,4-14H2,1-3H3,(H2,18,19,20);1H. The number of carbonyl (C=O) groups is 1. The summed E-state index contributed by atoms with van der Waals surface area (Å²) in [5.74, 6) is 1.09. The number of hydrogen-bond donors (Lipinski definition) is 2. The van der Waals surface area contributed by atoms with Crippen molar-refractivity contribution < 1.29 is 4.79 Å². The molecule has 2 rings (SSSR count). The highest BCUT2D eigenvalue weighted by atomic mass is 127. The van der Waals surface area contributed by atoms with Gasteiger partial charge in [0.2, 0.25) is 5.91 Å². The maximum atomic E-state index is 11.8. The number of nitrogens with zero attached hydrogens (tertiary/aromatic N) is 4. The fourth-order valence-electron chi connectivity index (χ4n) is 3.37. The number of hydrogen-bond acceptors (Lipinski definition) is 4. The highest BCUT2D eigenvalue weighted by molar-refractivity contribution is 14.0. The topological polar surface area (TPSA) is 63.2 Å². The average Bonchev–Trinajstić information content (AvgIpc) is 2.96. The van der Waals surface area contributed by atoms with Crippen molar-refractivity contribution in [2.75, 3.05) is 66.5 Å². The van der Waals surface area contributed by atoms with Gasteiger partial charge in [-0.3, -0.25) is 9.79 Å². The van der Waals surface area contributed by atoms with Gasteiger partial charge in [-0.15, -0.1) is 24.0 Å². The monoisotopic (exact) mass is 466 g/mol. The first-order chi connectivity index (χ1) is 11.6. The highest BCUT2D eigenvalue weighted by Gasteiger charge is 2.25. The quantitative estimate of drug-likeness (QED) is 0.350. The van der Waals surface area contributed by atoms with Crippen LogP contribution in [0.4, 0.5) is 0 Å². The largest absolute Gasteiger partial charge is 0.355 e. The third-order valence-electron chi connectivity index (χ3n) is 4.94. The molecule has 2 aliphatic heterocycles. The molecule has 0 aromatic heterocycles. The molecule has 146 valence electrons. The number of amides is 1. The predicted octanol–water partition coefficient (Wildman–Crippen LogP) is 0.418. The van der Waals surface area contributed by atoms with E-state index in [0.717, 1.165) is 51.6 Å². The van der Waals surface area contributed by atoms with Crippen molar-refractivity contribution in [2.24, 2.45) is 4.99 Å². The molecule has 2 aliphatic rings. The molecule has 25 heavy (non-hydrogen) atoms. The van der Waals surface area contributed by atoms with Crippen LogP contribution in [0.3, 0.4) is 0 Å². The molecular weight excluding hydrogens is 431 g/mol. The van der Waals surface area contributed by atoms with Gasteiger partial charge in [0.15, 0.2) is 5.96 Å². The zero-order valence-corrected chi connectivity index (χ0v) is 18.3. The lowest BCUT2D eigenvalue weighted by atomic mass is 10.3. The minimum Gasteiger partial charge on any atom is -0.355 e. The van der Waals surface area contributed by atoms with Gasteiger partial charge in [0.25, 0.3) is 0 Å². The predicted molar refractivity (Wildman–Crippen MR) is 114 cm³/mol. The molecule has 2 N–H and O–H groups in total. The van der Waals surface area contributed by atoms with Crippen LogP contribution in [-0.4, -0.2) is 99.1 Å². The summed E-state index contributed by atoms with van der Waals surface area (Å²) in [6.45, 7) is 10.2. The van der Waals surface area contributed by atoms with Gasteiger partial charge in [-0.1, -0.05) is 6.92 Å². The van der Waals surface area contributed by atoms with Crippen LogP contribution >= 0.6 is 24.0 Å². The summed E-state index contributed by atoms with van der Waals surface area (Å²) >= 11 is 0. The number of rotatable bonds is 5. The van der Waals surface area contributed by atoms with Crippen molar-refractivity contribution in [3.05, 3.63) is 0 Å². The Labute approximate surface area is 169 Å². The van der Waals surface area contributed by atoms with E-state index in [4.69, 9.17) is 0 Å². The summed E-state index contributed by atoms with van der Waals surface area (Å²) in [6, 6.07) is 0.304. The summed E-state index contributed by atoms with van der Waals surface area (Å²) in [6.07, 6.45) is 2.82. The van der Waals surface area contributed by atoms with Gasteiger partial charge in [0.1, 0.15) is 0 Å². The maximum absolute atomic E-state index is 11.8. The van der Waals surface area contributed by atoms with Crippen molar-refractivity contribution >= 4 is 35.8 Å². The zero-order valence-electron chi connectivity index (χ0n) is 16.0. The summed E-state index contributed by atoms with van der Waals surface area (Å²) in [5, 5.41) is 6.86. The molecule has 2 fully saturated rings. The van der Waals surface area contributed by atoms with Gasteiger partial charge in [-0.05, 0) is 33.0 Å². The first kappa shape index (κ1) is 22.4. The number of likely N-dealkylation sites (tertiary alicyclic amines) is 1. The van der Waals surface area contributed by atoms with E-state index < -0.39 is 0 Å². The molecule has 0 aromatic rings. The fraction of sp³-hybridized carbons (Fsp3) is 0.882. The minimum absolute atomic E-state index is 0. The molecule has 0 aliphatic carbocycles.